The van der Waals surface area contributed by atoms with Crippen molar-refractivity contribution in [2.75, 3.05) is 6.54 Å². The molecule has 0 fully saturated rings. The summed E-state index contributed by atoms with van der Waals surface area (Å²) in [6.07, 6.45) is 4.58. The van der Waals surface area contributed by atoms with Gasteiger partial charge in [-0.15, -0.1) is 0 Å². The van der Waals surface area contributed by atoms with Crippen LogP contribution in [0.3, 0.4) is 0 Å². The molecule has 0 spiro atoms. The Morgan fingerprint density at radius 3 is 2.85 bits per heavy atom. The zero-order valence-electron chi connectivity index (χ0n) is 11.7. The van der Waals surface area contributed by atoms with Gasteiger partial charge in [0.2, 0.25) is 0 Å². The van der Waals surface area contributed by atoms with E-state index in [-0.39, 0.29) is 11.1 Å². The summed E-state index contributed by atoms with van der Waals surface area (Å²) in [6, 6.07) is 6.80. The van der Waals surface area contributed by atoms with Crippen LogP contribution in [0.1, 0.15) is 36.1 Å². The molecule has 4 heteroatoms. The van der Waals surface area contributed by atoms with Crippen molar-refractivity contribution in [2.45, 2.75) is 26.3 Å². The minimum atomic E-state index is -0.395. The molecular formula is C16H18ClFN2. The normalized spacial score (nSPS) is 12.4. The summed E-state index contributed by atoms with van der Waals surface area (Å²) in [5, 5.41) is 3.58. The number of pyridine rings is 1. The van der Waals surface area contributed by atoms with Crippen LogP contribution in [0.5, 0.6) is 0 Å². The standard InChI is InChI=1S/C16H18ClFN2/c1-3-7-20-16(12-8-11(2)9-19-10-12)13-5-4-6-14(18)15(13)17/h4-6,8-10,16,20H,3,7H2,1-2H3. The first-order chi connectivity index (χ1) is 9.63. The van der Waals surface area contributed by atoms with Gasteiger partial charge in [0, 0.05) is 12.4 Å². The average Bonchev–Trinajstić information content (AvgIpc) is 2.44. The molecule has 1 atom stereocenters. The van der Waals surface area contributed by atoms with Crippen LogP contribution in [-0.2, 0) is 0 Å². The highest BCUT2D eigenvalue weighted by molar-refractivity contribution is 6.31. The number of aryl methyl sites for hydroxylation is 1. The first-order valence-corrected chi connectivity index (χ1v) is 7.10. The Bertz CT molecular complexity index is 586. The molecule has 0 amide bonds. The van der Waals surface area contributed by atoms with Gasteiger partial charge in [0.1, 0.15) is 5.82 Å². The molecule has 1 aromatic carbocycles. The number of rotatable bonds is 5. The molecule has 0 aliphatic rings. The van der Waals surface area contributed by atoms with Crippen LogP contribution >= 0.6 is 11.6 Å². The van der Waals surface area contributed by atoms with E-state index in [4.69, 9.17) is 11.6 Å². The van der Waals surface area contributed by atoms with Crippen LogP contribution in [-0.4, -0.2) is 11.5 Å². The van der Waals surface area contributed by atoms with E-state index >= 15 is 0 Å². The second kappa shape index (κ2) is 6.82. The number of nitrogens with one attached hydrogen (secondary N) is 1. The van der Waals surface area contributed by atoms with E-state index in [9.17, 15) is 4.39 Å². The number of halogens is 2. The Hall–Kier alpha value is -1.45. The van der Waals surface area contributed by atoms with Gasteiger partial charge < -0.3 is 5.32 Å². The molecule has 1 N–H and O–H groups in total. The Morgan fingerprint density at radius 2 is 2.15 bits per heavy atom. The van der Waals surface area contributed by atoms with Gasteiger partial charge in [-0.25, -0.2) is 4.39 Å². The van der Waals surface area contributed by atoms with Crippen LogP contribution in [0.25, 0.3) is 0 Å². The summed E-state index contributed by atoms with van der Waals surface area (Å²) in [5.41, 5.74) is 2.80. The number of hydrogen-bond acceptors (Lipinski definition) is 2. The van der Waals surface area contributed by atoms with Gasteiger partial charge in [-0.05, 0) is 42.6 Å². The molecule has 0 saturated heterocycles. The molecule has 0 aliphatic carbocycles. The highest BCUT2D eigenvalue weighted by atomic mass is 35.5. The molecule has 0 radical (unpaired) electrons. The SMILES string of the molecule is CCCNC(c1cncc(C)c1)c1cccc(F)c1Cl. The van der Waals surface area contributed by atoms with Gasteiger partial charge in [0.15, 0.2) is 0 Å². The number of benzene rings is 1. The lowest BCUT2D eigenvalue weighted by Gasteiger charge is -2.21. The Morgan fingerprint density at radius 1 is 1.35 bits per heavy atom. The highest BCUT2D eigenvalue weighted by Crippen LogP contribution is 2.30. The summed E-state index contributed by atoms with van der Waals surface area (Å²) in [7, 11) is 0. The smallest absolute Gasteiger partial charge is 0.142 e. The van der Waals surface area contributed by atoms with E-state index < -0.39 is 5.82 Å². The van der Waals surface area contributed by atoms with E-state index in [0.29, 0.717) is 0 Å². The summed E-state index contributed by atoms with van der Waals surface area (Å²) in [4.78, 5) is 4.21. The molecule has 1 heterocycles. The molecule has 0 aliphatic heterocycles. The maximum absolute atomic E-state index is 13.7. The highest BCUT2D eigenvalue weighted by Gasteiger charge is 2.18. The Labute approximate surface area is 124 Å². The topological polar surface area (TPSA) is 24.9 Å². The third-order valence-electron chi connectivity index (χ3n) is 3.12. The fourth-order valence-corrected chi connectivity index (χ4v) is 2.41. The lowest BCUT2D eigenvalue weighted by atomic mass is 9.99. The minimum absolute atomic E-state index is 0.148. The number of nitrogens with zero attached hydrogens (tertiary/aromatic N) is 1. The fourth-order valence-electron chi connectivity index (χ4n) is 2.18. The molecule has 20 heavy (non-hydrogen) atoms. The first kappa shape index (κ1) is 14.9. The fraction of sp³-hybridized carbons (Fsp3) is 0.312. The summed E-state index contributed by atoms with van der Waals surface area (Å²) in [6.45, 7) is 4.90. The quantitative estimate of drug-likeness (QED) is 0.890. The van der Waals surface area contributed by atoms with Crippen LogP contribution in [0.15, 0.2) is 36.7 Å². The molecule has 106 valence electrons. The van der Waals surface area contributed by atoms with Crippen molar-refractivity contribution < 1.29 is 4.39 Å². The average molecular weight is 293 g/mol. The van der Waals surface area contributed by atoms with Crippen molar-refractivity contribution in [3.05, 3.63) is 64.2 Å². The van der Waals surface area contributed by atoms with E-state index in [1.165, 1.54) is 6.07 Å². The molecule has 2 rings (SSSR count). The lowest BCUT2D eigenvalue weighted by molar-refractivity contribution is 0.584. The van der Waals surface area contributed by atoms with Gasteiger partial charge in [-0.3, -0.25) is 4.98 Å². The third-order valence-corrected chi connectivity index (χ3v) is 3.52. The maximum atomic E-state index is 13.7. The maximum Gasteiger partial charge on any atom is 0.142 e. The van der Waals surface area contributed by atoms with Gasteiger partial charge in [-0.2, -0.15) is 0 Å². The monoisotopic (exact) mass is 292 g/mol. The van der Waals surface area contributed by atoms with Crippen molar-refractivity contribution in [1.82, 2.24) is 10.3 Å². The lowest BCUT2D eigenvalue weighted by Crippen LogP contribution is -2.24. The van der Waals surface area contributed by atoms with E-state index in [1.54, 1.807) is 18.5 Å². The van der Waals surface area contributed by atoms with Gasteiger partial charge >= 0.3 is 0 Å². The molecule has 2 aromatic rings. The van der Waals surface area contributed by atoms with Crippen LogP contribution in [0, 0.1) is 12.7 Å². The second-order valence-corrected chi connectivity index (χ2v) is 5.20. The van der Waals surface area contributed by atoms with Crippen molar-refractivity contribution in [2.24, 2.45) is 0 Å². The van der Waals surface area contributed by atoms with E-state index in [2.05, 4.69) is 17.2 Å². The van der Waals surface area contributed by atoms with Crippen molar-refractivity contribution in [1.29, 1.82) is 0 Å². The number of hydrogen-bond donors (Lipinski definition) is 1. The zero-order chi connectivity index (χ0) is 14.5. The van der Waals surface area contributed by atoms with Gasteiger partial charge in [0.05, 0.1) is 11.1 Å². The molecule has 0 bridgehead atoms. The van der Waals surface area contributed by atoms with E-state index in [1.807, 2.05) is 19.1 Å². The number of aromatic nitrogens is 1. The second-order valence-electron chi connectivity index (χ2n) is 4.83. The molecule has 0 saturated carbocycles. The first-order valence-electron chi connectivity index (χ1n) is 6.72. The predicted octanol–water partition coefficient (Wildman–Crippen LogP) is 4.27. The molecule has 2 nitrogen and oxygen atoms in total. The summed E-state index contributed by atoms with van der Waals surface area (Å²) >= 11 is 6.12. The van der Waals surface area contributed by atoms with Crippen LogP contribution in [0.2, 0.25) is 5.02 Å². The van der Waals surface area contributed by atoms with Crippen molar-refractivity contribution in [3.63, 3.8) is 0 Å². The molecule has 1 aromatic heterocycles. The molecular weight excluding hydrogens is 275 g/mol. The van der Waals surface area contributed by atoms with E-state index in [0.717, 1.165) is 29.7 Å². The zero-order valence-corrected chi connectivity index (χ0v) is 12.4. The van der Waals surface area contributed by atoms with Gasteiger partial charge in [0.25, 0.3) is 0 Å². The van der Waals surface area contributed by atoms with Crippen molar-refractivity contribution >= 4 is 11.6 Å². The minimum Gasteiger partial charge on any atom is -0.306 e. The largest absolute Gasteiger partial charge is 0.306 e. The van der Waals surface area contributed by atoms with Gasteiger partial charge in [-0.1, -0.05) is 36.7 Å². The Balaban J connectivity index is 2.44. The summed E-state index contributed by atoms with van der Waals surface area (Å²) in [5.74, 6) is -0.395. The van der Waals surface area contributed by atoms with Crippen LogP contribution < -0.4 is 5.32 Å². The summed E-state index contributed by atoms with van der Waals surface area (Å²) < 4.78 is 13.7. The third kappa shape index (κ3) is 3.35. The van der Waals surface area contributed by atoms with Crippen LogP contribution in [0.4, 0.5) is 4.39 Å². The Kier molecular flexibility index (Phi) is 5.10. The molecule has 1 unspecified atom stereocenters. The van der Waals surface area contributed by atoms with Crippen molar-refractivity contribution in [3.8, 4) is 0 Å². The predicted molar refractivity (Wildman–Crippen MR) is 80.5 cm³/mol.